The third-order valence-corrected chi connectivity index (χ3v) is 4.43. The molecule has 1 aliphatic carbocycles. The van der Waals surface area contributed by atoms with E-state index in [1.165, 1.54) is 39.0 Å². The molecule has 2 fully saturated rings. The van der Waals surface area contributed by atoms with Crippen LogP contribution in [0.15, 0.2) is 0 Å². The number of hydrogen-bond acceptors (Lipinski definition) is 4. The lowest BCUT2D eigenvalue weighted by atomic mass is 9.97. The van der Waals surface area contributed by atoms with E-state index >= 15 is 0 Å². The second kappa shape index (κ2) is 6.69. The predicted molar refractivity (Wildman–Crippen MR) is 78.0 cm³/mol. The zero-order chi connectivity index (χ0) is 13.7. The van der Waals surface area contributed by atoms with Crippen molar-refractivity contribution in [2.45, 2.75) is 51.1 Å². The Morgan fingerprint density at radius 3 is 2.47 bits per heavy atom. The van der Waals surface area contributed by atoms with Gasteiger partial charge >= 0.3 is 0 Å². The van der Waals surface area contributed by atoms with Gasteiger partial charge in [-0.1, -0.05) is 6.92 Å². The van der Waals surface area contributed by atoms with Crippen molar-refractivity contribution in [2.24, 2.45) is 0 Å². The fourth-order valence-electron chi connectivity index (χ4n) is 3.02. The molecule has 1 aliphatic heterocycles. The van der Waals surface area contributed by atoms with E-state index in [-0.39, 0.29) is 5.54 Å². The molecule has 0 aromatic rings. The van der Waals surface area contributed by atoms with Gasteiger partial charge in [0, 0.05) is 32.2 Å². The van der Waals surface area contributed by atoms with Gasteiger partial charge in [-0.15, -0.1) is 0 Å². The van der Waals surface area contributed by atoms with Crippen molar-refractivity contribution >= 4 is 0 Å². The SMILES string of the molecule is CCNC(C)(C#N)CCCN1CCN(C2CC2)CC1. The maximum Gasteiger partial charge on any atom is 0.103 e. The Morgan fingerprint density at radius 1 is 1.26 bits per heavy atom. The first-order valence-electron chi connectivity index (χ1n) is 7.79. The van der Waals surface area contributed by atoms with Gasteiger partial charge in [0.15, 0.2) is 0 Å². The monoisotopic (exact) mass is 264 g/mol. The molecule has 0 amide bonds. The lowest BCUT2D eigenvalue weighted by molar-refractivity contribution is 0.123. The first-order chi connectivity index (χ1) is 9.17. The van der Waals surface area contributed by atoms with Gasteiger partial charge in [-0.05, 0) is 45.7 Å². The fraction of sp³-hybridized carbons (Fsp3) is 0.933. The highest BCUT2D eigenvalue weighted by molar-refractivity contribution is 5.03. The average Bonchev–Trinajstić information content (AvgIpc) is 3.24. The molecule has 0 radical (unpaired) electrons. The molecule has 19 heavy (non-hydrogen) atoms. The number of nitrogens with one attached hydrogen (secondary N) is 1. The van der Waals surface area contributed by atoms with E-state index in [0.717, 1.165) is 32.0 Å². The van der Waals surface area contributed by atoms with Crippen LogP contribution in [0.5, 0.6) is 0 Å². The molecule has 1 saturated carbocycles. The van der Waals surface area contributed by atoms with Gasteiger partial charge < -0.3 is 4.90 Å². The maximum absolute atomic E-state index is 9.22. The lowest BCUT2D eigenvalue weighted by Crippen LogP contribution is -2.48. The molecule has 2 rings (SSSR count). The maximum atomic E-state index is 9.22. The zero-order valence-electron chi connectivity index (χ0n) is 12.5. The molecule has 0 aromatic carbocycles. The molecule has 4 heteroatoms. The van der Waals surface area contributed by atoms with E-state index in [0.29, 0.717) is 0 Å². The molecular weight excluding hydrogens is 236 g/mol. The molecule has 108 valence electrons. The summed E-state index contributed by atoms with van der Waals surface area (Å²) in [6.45, 7) is 11.0. The number of nitriles is 1. The summed E-state index contributed by atoms with van der Waals surface area (Å²) in [5, 5.41) is 12.5. The third-order valence-electron chi connectivity index (χ3n) is 4.43. The van der Waals surface area contributed by atoms with Crippen LogP contribution < -0.4 is 5.32 Å². The van der Waals surface area contributed by atoms with E-state index < -0.39 is 0 Å². The summed E-state index contributed by atoms with van der Waals surface area (Å²) in [6, 6.07) is 3.32. The molecule has 0 spiro atoms. The molecule has 2 aliphatic rings. The van der Waals surface area contributed by atoms with Crippen LogP contribution in [0.1, 0.15) is 39.5 Å². The molecule has 4 nitrogen and oxygen atoms in total. The highest BCUT2D eigenvalue weighted by Gasteiger charge is 2.31. The molecular formula is C15H28N4. The molecule has 0 bridgehead atoms. The molecule has 0 aromatic heterocycles. The quantitative estimate of drug-likeness (QED) is 0.755. The summed E-state index contributed by atoms with van der Waals surface area (Å²) < 4.78 is 0. The zero-order valence-corrected chi connectivity index (χ0v) is 12.5. The van der Waals surface area contributed by atoms with Crippen LogP contribution in [0.25, 0.3) is 0 Å². The second-order valence-corrected chi connectivity index (χ2v) is 6.19. The van der Waals surface area contributed by atoms with Crippen LogP contribution in [0.2, 0.25) is 0 Å². The highest BCUT2D eigenvalue weighted by atomic mass is 15.3. The largest absolute Gasteiger partial charge is 0.301 e. The van der Waals surface area contributed by atoms with Crippen LogP contribution in [0, 0.1) is 11.3 Å². The van der Waals surface area contributed by atoms with Crippen LogP contribution in [-0.2, 0) is 0 Å². The van der Waals surface area contributed by atoms with E-state index in [2.05, 4.69) is 28.1 Å². The van der Waals surface area contributed by atoms with Crippen LogP contribution in [-0.4, -0.2) is 60.6 Å². The molecule has 1 N–H and O–H groups in total. The normalized spacial score (nSPS) is 24.9. The van der Waals surface area contributed by atoms with Gasteiger partial charge in [-0.3, -0.25) is 10.2 Å². The van der Waals surface area contributed by atoms with Crippen LogP contribution in [0.4, 0.5) is 0 Å². The smallest absolute Gasteiger partial charge is 0.103 e. The van der Waals surface area contributed by atoms with E-state index in [1.807, 2.05) is 6.92 Å². The molecule has 1 atom stereocenters. The van der Waals surface area contributed by atoms with Crippen molar-refractivity contribution in [1.82, 2.24) is 15.1 Å². The average molecular weight is 264 g/mol. The van der Waals surface area contributed by atoms with Crippen molar-refractivity contribution in [1.29, 1.82) is 5.26 Å². The van der Waals surface area contributed by atoms with Gasteiger partial charge in [0.25, 0.3) is 0 Å². The minimum absolute atomic E-state index is 0.343. The van der Waals surface area contributed by atoms with E-state index in [1.54, 1.807) is 0 Å². The first-order valence-corrected chi connectivity index (χ1v) is 7.79. The summed E-state index contributed by atoms with van der Waals surface area (Å²) in [7, 11) is 0. The van der Waals surface area contributed by atoms with Gasteiger partial charge in [-0.25, -0.2) is 0 Å². The topological polar surface area (TPSA) is 42.3 Å². The molecule has 1 saturated heterocycles. The summed E-state index contributed by atoms with van der Waals surface area (Å²) in [4.78, 5) is 5.21. The predicted octanol–water partition coefficient (Wildman–Crippen LogP) is 1.44. The molecule has 1 heterocycles. The van der Waals surface area contributed by atoms with Crippen molar-refractivity contribution in [2.75, 3.05) is 39.3 Å². The Balaban J connectivity index is 1.62. The highest BCUT2D eigenvalue weighted by Crippen LogP contribution is 2.27. The van der Waals surface area contributed by atoms with Gasteiger partial charge in [-0.2, -0.15) is 5.26 Å². The van der Waals surface area contributed by atoms with Crippen molar-refractivity contribution in [3.63, 3.8) is 0 Å². The van der Waals surface area contributed by atoms with Gasteiger partial charge in [0.05, 0.1) is 6.07 Å². The number of piperazine rings is 1. The minimum atomic E-state index is -0.343. The third kappa shape index (κ3) is 4.45. The summed E-state index contributed by atoms with van der Waals surface area (Å²) in [6.07, 6.45) is 4.90. The minimum Gasteiger partial charge on any atom is -0.301 e. The van der Waals surface area contributed by atoms with Crippen molar-refractivity contribution < 1.29 is 0 Å². The standard InChI is InChI=1S/C15H28N4/c1-3-17-15(2,13-16)7-4-8-18-9-11-19(12-10-18)14-5-6-14/h14,17H,3-12H2,1-2H3. The Morgan fingerprint density at radius 2 is 1.95 bits per heavy atom. The summed E-state index contributed by atoms with van der Waals surface area (Å²) in [5.41, 5.74) is -0.343. The Kier molecular flexibility index (Phi) is 5.20. The summed E-state index contributed by atoms with van der Waals surface area (Å²) in [5.74, 6) is 0. The summed E-state index contributed by atoms with van der Waals surface area (Å²) >= 11 is 0. The lowest BCUT2D eigenvalue weighted by Gasteiger charge is -2.35. The van der Waals surface area contributed by atoms with Crippen LogP contribution in [0.3, 0.4) is 0 Å². The second-order valence-electron chi connectivity index (χ2n) is 6.19. The van der Waals surface area contributed by atoms with E-state index in [9.17, 15) is 5.26 Å². The Labute approximate surface area is 117 Å². The number of rotatable bonds is 7. The Hall–Kier alpha value is -0.630. The van der Waals surface area contributed by atoms with Crippen LogP contribution >= 0.6 is 0 Å². The molecule has 1 unspecified atom stereocenters. The van der Waals surface area contributed by atoms with Crippen molar-refractivity contribution in [3.8, 4) is 6.07 Å². The first kappa shape index (κ1) is 14.8. The number of nitrogens with zero attached hydrogens (tertiary/aromatic N) is 3. The van der Waals surface area contributed by atoms with Gasteiger partial charge in [0.1, 0.15) is 5.54 Å². The van der Waals surface area contributed by atoms with E-state index in [4.69, 9.17) is 0 Å². The van der Waals surface area contributed by atoms with Crippen molar-refractivity contribution in [3.05, 3.63) is 0 Å². The fourth-order valence-corrected chi connectivity index (χ4v) is 3.02. The Bertz CT molecular complexity index is 313. The van der Waals surface area contributed by atoms with Gasteiger partial charge in [0.2, 0.25) is 0 Å². The number of hydrogen-bond donors (Lipinski definition) is 1.